The average molecular weight is 440 g/mol. The van der Waals surface area contributed by atoms with Gasteiger partial charge in [-0.3, -0.25) is 4.98 Å². The second-order valence-corrected chi connectivity index (χ2v) is 9.71. The molecule has 0 aliphatic heterocycles. The second-order valence-electron chi connectivity index (χ2n) is 8.00. The van der Waals surface area contributed by atoms with Crippen molar-refractivity contribution < 1.29 is 22.2 Å². The number of aryl methyl sites for hydroxylation is 1. The third-order valence-corrected chi connectivity index (χ3v) is 7.39. The Morgan fingerprint density at radius 3 is 2.70 bits per heavy atom. The van der Waals surface area contributed by atoms with Crippen LogP contribution in [0.2, 0.25) is 0 Å². The Balaban J connectivity index is 1.50. The number of carbonyl (C=O) groups excluding carboxylic acids is 1. The minimum atomic E-state index is -4.15. The molecule has 2 aromatic rings. The van der Waals surface area contributed by atoms with E-state index in [9.17, 15) is 22.2 Å². The maximum absolute atomic E-state index is 13.9. The van der Waals surface area contributed by atoms with Crippen LogP contribution in [0.1, 0.15) is 54.7 Å². The molecule has 160 valence electrons. The molecule has 1 fully saturated rings. The molecule has 2 aromatic heterocycles. The number of urea groups is 1. The van der Waals surface area contributed by atoms with Crippen LogP contribution >= 0.6 is 0 Å². The van der Waals surface area contributed by atoms with Gasteiger partial charge in [0.25, 0.3) is 0 Å². The van der Waals surface area contributed by atoms with Crippen molar-refractivity contribution in [3.05, 3.63) is 34.5 Å². The zero-order valence-electron chi connectivity index (χ0n) is 15.8. The third-order valence-electron chi connectivity index (χ3n) is 6.12. The predicted molar refractivity (Wildman–Crippen MR) is 101 cm³/mol. The molecule has 0 aromatic carbocycles. The van der Waals surface area contributed by atoms with Crippen LogP contribution in [0.3, 0.4) is 0 Å². The number of halogens is 3. The topological polar surface area (TPSA) is 115 Å². The van der Waals surface area contributed by atoms with Crippen molar-refractivity contribution in [3.8, 4) is 0 Å². The zero-order chi connectivity index (χ0) is 21.3. The number of carbonyl (C=O) groups is 1. The first-order chi connectivity index (χ1) is 14.2. The number of nitrogens with one attached hydrogen (secondary N) is 1. The van der Waals surface area contributed by atoms with Crippen LogP contribution in [0.4, 0.5) is 23.7 Å². The van der Waals surface area contributed by atoms with E-state index in [1.54, 1.807) is 0 Å². The van der Waals surface area contributed by atoms with Crippen molar-refractivity contribution in [3.63, 3.8) is 0 Å². The van der Waals surface area contributed by atoms with E-state index < -0.39 is 33.3 Å². The minimum absolute atomic E-state index is 0.0255. The van der Waals surface area contributed by atoms with Crippen molar-refractivity contribution in [1.29, 1.82) is 0 Å². The van der Waals surface area contributed by atoms with E-state index in [1.807, 2.05) is 0 Å². The van der Waals surface area contributed by atoms with Crippen LogP contribution in [-0.4, -0.2) is 25.0 Å². The number of nitrogens with zero attached hydrogens (tertiary/aromatic N) is 4. The van der Waals surface area contributed by atoms with Crippen LogP contribution in [0, 0.1) is 5.82 Å². The third kappa shape index (κ3) is 3.00. The van der Waals surface area contributed by atoms with Gasteiger partial charge in [-0.1, -0.05) is 0 Å². The minimum Gasteiger partial charge on any atom is -0.305 e. The lowest BCUT2D eigenvalue weighted by molar-refractivity contribution is 0.0552. The summed E-state index contributed by atoms with van der Waals surface area (Å²) in [4.78, 5) is 17.4. The first kappa shape index (κ1) is 19.5. The highest BCUT2D eigenvalue weighted by molar-refractivity contribution is 7.91. The molecular formula is C18H19F3N6O2S. The van der Waals surface area contributed by atoms with Gasteiger partial charge >= 0.3 is 12.6 Å². The van der Waals surface area contributed by atoms with Gasteiger partial charge in [0, 0.05) is 11.1 Å². The van der Waals surface area contributed by atoms with E-state index in [0.29, 0.717) is 11.9 Å². The quantitative estimate of drug-likeness (QED) is 0.762. The van der Waals surface area contributed by atoms with Gasteiger partial charge in [-0.15, -0.1) is 4.36 Å². The lowest BCUT2D eigenvalue weighted by Crippen LogP contribution is -2.20. The predicted octanol–water partition coefficient (Wildman–Crippen LogP) is 3.21. The van der Waals surface area contributed by atoms with Crippen LogP contribution in [0.15, 0.2) is 15.6 Å². The van der Waals surface area contributed by atoms with E-state index >= 15 is 0 Å². The van der Waals surface area contributed by atoms with Gasteiger partial charge in [0.15, 0.2) is 15.7 Å². The van der Waals surface area contributed by atoms with Gasteiger partial charge in [-0.25, -0.2) is 23.2 Å². The summed E-state index contributed by atoms with van der Waals surface area (Å²) in [7, 11) is -4.15. The Kier molecular flexibility index (Phi) is 4.23. The fourth-order valence-corrected chi connectivity index (χ4v) is 5.45. The average Bonchev–Trinajstić information content (AvgIpc) is 3.00. The fourth-order valence-electron chi connectivity index (χ4n) is 4.52. The number of hydrogen-bond donors (Lipinski definition) is 2. The number of amides is 2. The van der Waals surface area contributed by atoms with Gasteiger partial charge < -0.3 is 5.32 Å². The monoisotopic (exact) mass is 440 g/mol. The molecule has 0 saturated heterocycles. The molecule has 0 radical (unpaired) electrons. The first-order valence-corrected chi connectivity index (χ1v) is 11.2. The molecular weight excluding hydrogens is 421 g/mol. The summed E-state index contributed by atoms with van der Waals surface area (Å²) < 4.78 is 55.3. The van der Waals surface area contributed by atoms with Gasteiger partial charge in [0.2, 0.25) is 5.03 Å². The molecule has 30 heavy (non-hydrogen) atoms. The number of aromatic nitrogens is 3. The summed E-state index contributed by atoms with van der Waals surface area (Å²) in [5.74, 6) is -1.32. The van der Waals surface area contributed by atoms with Crippen molar-refractivity contribution in [2.24, 2.45) is 9.50 Å². The number of nitrogens with two attached hydrogens (primary N) is 1. The number of anilines is 1. The highest BCUT2D eigenvalue weighted by atomic mass is 32.2. The fraction of sp³-hybridized carbons (Fsp3) is 0.500. The maximum atomic E-state index is 13.9. The van der Waals surface area contributed by atoms with Crippen LogP contribution in [0.5, 0.6) is 0 Å². The van der Waals surface area contributed by atoms with Crippen LogP contribution < -0.4 is 10.5 Å². The zero-order valence-corrected chi connectivity index (χ0v) is 16.6. The van der Waals surface area contributed by atoms with E-state index in [-0.39, 0.29) is 10.1 Å². The van der Waals surface area contributed by atoms with E-state index in [1.165, 1.54) is 0 Å². The smallest absolute Gasteiger partial charge is 0.305 e. The van der Waals surface area contributed by atoms with E-state index in [2.05, 4.69) is 14.8 Å². The van der Waals surface area contributed by atoms with Crippen LogP contribution in [-0.2, 0) is 34.6 Å². The summed E-state index contributed by atoms with van der Waals surface area (Å²) in [5.41, 5.74) is 4.61. The molecule has 3 aliphatic carbocycles. The standard InChI is InChI=1S/C18H19F3N6O2S/c19-11-8-27(16(20)21)25-15(11)30(22,29)26-17(28)24-13-9-2-1-3-12(9)23-14-10(13)4-5-18(14)6-7-18/h8,16H,1-7H2,(H3,22,23,24,26,28,29)/t30-/m1/s1. The molecule has 8 nitrogen and oxygen atoms in total. The molecule has 0 unspecified atom stereocenters. The van der Waals surface area contributed by atoms with Crippen molar-refractivity contribution in [2.75, 3.05) is 5.32 Å². The van der Waals surface area contributed by atoms with Crippen LogP contribution in [0.25, 0.3) is 0 Å². The Morgan fingerprint density at radius 1 is 1.27 bits per heavy atom. The number of fused-ring (bicyclic) bond motifs is 3. The summed E-state index contributed by atoms with van der Waals surface area (Å²) in [6.45, 7) is -3.14. The van der Waals surface area contributed by atoms with Gasteiger partial charge in [0.1, 0.15) is 0 Å². The molecule has 2 amide bonds. The molecule has 5 rings (SSSR count). The lowest BCUT2D eigenvalue weighted by Gasteiger charge is -2.16. The SMILES string of the molecule is N[S@@](=O)(=NC(=O)Nc1c2c(nc3c1CCC31CC1)CCC2)c1nn(C(F)F)cc1F. The van der Waals surface area contributed by atoms with E-state index in [0.717, 1.165) is 67.5 Å². The van der Waals surface area contributed by atoms with Crippen molar-refractivity contribution >= 4 is 21.6 Å². The summed E-state index contributed by atoms with van der Waals surface area (Å²) in [6, 6.07) is -1.03. The highest BCUT2D eigenvalue weighted by Gasteiger charge is 2.51. The number of pyridine rings is 1. The van der Waals surface area contributed by atoms with Gasteiger partial charge in [-0.2, -0.15) is 13.9 Å². The van der Waals surface area contributed by atoms with Crippen molar-refractivity contribution in [1.82, 2.24) is 14.8 Å². The Labute approximate surface area is 170 Å². The Morgan fingerprint density at radius 2 is 2.03 bits per heavy atom. The van der Waals surface area contributed by atoms with Gasteiger partial charge in [0.05, 0.1) is 17.6 Å². The number of rotatable bonds is 3. The molecule has 3 N–H and O–H groups in total. The maximum Gasteiger partial charge on any atom is 0.354 e. The largest absolute Gasteiger partial charge is 0.354 e. The molecule has 1 spiro atoms. The molecule has 1 saturated carbocycles. The molecule has 12 heteroatoms. The summed E-state index contributed by atoms with van der Waals surface area (Å²) >= 11 is 0. The second kappa shape index (κ2) is 6.51. The Bertz CT molecular complexity index is 1200. The molecule has 3 aliphatic rings. The van der Waals surface area contributed by atoms with Gasteiger partial charge in [-0.05, 0) is 56.1 Å². The highest BCUT2D eigenvalue weighted by Crippen LogP contribution is 2.58. The molecule has 2 heterocycles. The summed E-state index contributed by atoms with van der Waals surface area (Å²) in [5, 5.41) is 10.4. The van der Waals surface area contributed by atoms with Crippen molar-refractivity contribution in [2.45, 2.75) is 61.9 Å². The summed E-state index contributed by atoms with van der Waals surface area (Å²) in [6.07, 6.45) is 6.75. The molecule has 0 bridgehead atoms. The first-order valence-electron chi connectivity index (χ1n) is 9.64. The van der Waals surface area contributed by atoms with E-state index in [4.69, 9.17) is 10.1 Å². The lowest BCUT2D eigenvalue weighted by atomic mass is 10.0. The molecule has 1 atom stereocenters. The Hall–Kier alpha value is -2.47. The number of alkyl halides is 2. The number of hydrogen-bond acceptors (Lipinski definition) is 4. The normalized spacial score (nSPS) is 20.2.